The number of rotatable bonds is 8. The maximum Gasteiger partial charge on any atom is 0.267 e. The number of anilines is 1. The zero-order chi connectivity index (χ0) is 24.6. The number of hydrogen-bond acceptors (Lipinski definition) is 5. The molecule has 7 nitrogen and oxygen atoms in total. The first kappa shape index (κ1) is 23.8. The van der Waals surface area contributed by atoms with Crippen molar-refractivity contribution >= 4 is 29.3 Å². The largest absolute Gasteiger partial charge is 0.323 e. The van der Waals surface area contributed by atoms with Gasteiger partial charge in [-0.25, -0.2) is 5.48 Å². The minimum Gasteiger partial charge on any atom is -0.323 e. The normalized spacial score (nSPS) is 15.1. The lowest BCUT2D eigenvalue weighted by Crippen LogP contribution is -2.31. The Morgan fingerprint density at radius 2 is 1.74 bits per heavy atom. The van der Waals surface area contributed by atoms with Crippen molar-refractivity contribution in [1.82, 2.24) is 10.8 Å². The van der Waals surface area contributed by atoms with E-state index in [0.29, 0.717) is 18.7 Å². The van der Waals surface area contributed by atoms with Gasteiger partial charge >= 0.3 is 0 Å². The lowest BCUT2D eigenvalue weighted by atomic mass is 10.0. The quantitative estimate of drug-likeness (QED) is 0.176. The molecule has 35 heavy (non-hydrogen) atoms. The Morgan fingerprint density at radius 3 is 2.49 bits per heavy atom. The molecular formula is C28H26N4O3. The van der Waals surface area contributed by atoms with Crippen LogP contribution in [0.5, 0.6) is 0 Å². The number of para-hydroxylation sites is 1. The Kier molecular flexibility index (Phi) is 7.62. The minimum absolute atomic E-state index is 0.210. The smallest absolute Gasteiger partial charge is 0.267 e. The summed E-state index contributed by atoms with van der Waals surface area (Å²) in [4.78, 5) is 29.0. The van der Waals surface area contributed by atoms with Gasteiger partial charge in [0.2, 0.25) is 0 Å². The van der Waals surface area contributed by atoms with E-state index in [1.165, 1.54) is 6.08 Å². The Morgan fingerprint density at radius 1 is 1.03 bits per heavy atom. The fourth-order valence-electron chi connectivity index (χ4n) is 3.78. The van der Waals surface area contributed by atoms with Crippen LogP contribution in [0.2, 0.25) is 0 Å². The van der Waals surface area contributed by atoms with Gasteiger partial charge in [0, 0.05) is 30.3 Å². The van der Waals surface area contributed by atoms with Crippen LogP contribution in [-0.4, -0.2) is 35.3 Å². The number of benzodiazepines with no additional fused rings is 1. The van der Waals surface area contributed by atoms with Crippen LogP contribution in [0.1, 0.15) is 22.3 Å². The van der Waals surface area contributed by atoms with Crippen molar-refractivity contribution in [2.75, 3.05) is 11.9 Å². The molecule has 1 aliphatic heterocycles. The molecule has 2 amide bonds. The second-order valence-corrected chi connectivity index (χ2v) is 8.09. The first-order valence-electron chi connectivity index (χ1n) is 11.2. The molecule has 176 valence electrons. The highest BCUT2D eigenvalue weighted by atomic mass is 16.5. The summed E-state index contributed by atoms with van der Waals surface area (Å²) >= 11 is 0. The van der Waals surface area contributed by atoms with E-state index in [2.05, 4.69) is 17.2 Å². The van der Waals surface area contributed by atoms with Gasteiger partial charge < -0.3 is 10.6 Å². The van der Waals surface area contributed by atoms with E-state index in [1.807, 2.05) is 78.9 Å². The maximum absolute atomic E-state index is 13.0. The summed E-state index contributed by atoms with van der Waals surface area (Å²) < 4.78 is 0. The number of carbonyl (C=O) groups is 2. The molecule has 1 aliphatic rings. The summed E-state index contributed by atoms with van der Waals surface area (Å²) in [5, 5.41) is 14.9. The van der Waals surface area contributed by atoms with Crippen molar-refractivity contribution < 1.29 is 14.8 Å². The molecule has 1 atom stereocenters. The zero-order valence-electron chi connectivity index (χ0n) is 19.1. The highest BCUT2D eigenvalue weighted by Gasteiger charge is 2.27. The molecule has 0 spiro atoms. The topological polar surface area (TPSA) is 103 Å². The third-order valence-electron chi connectivity index (χ3n) is 5.58. The summed E-state index contributed by atoms with van der Waals surface area (Å²) in [6, 6.07) is 24.4. The van der Waals surface area contributed by atoms with E-state index >= 15 is 0 Å². The fraction of sp³-hybridized carbons (Fsp3) is 0.107. The lowest BCUT2D eigenvalue weighted by molar-refractivity contribution is -0.124. The molecule has 0 bridgehead atoms. The van der Waals surface area contributed by atoms with Crippen LogP contribution in [0, 0.1) is 0 Å². The van der Waals surface area contributed by atoms with Crippen LogP contribution in [-0.2, 0) is 16.1 Å². The Hall–Kier alpha value is -4.33. The van der Waals surface area contributed by atoms with Gasteiger partial charge in [0.25, 0.3) is 11.8 Å². The summed E-state index contributed by atoms with van der Waals surface area (Å²) in [5.41, 5.74) is 7.39. The van der Waals surface area contributed by atoms with Crippen LogP contribution in [0.15, 0.2) is 102 Å². The minimum atomic E-state index is -0.727. The van der Waals surface area contributed by atoms with E-state index < -0.39 is 11.9 Å². The number of fused-ring (bicyclic) bond motifs is 1. The monoisotopic (exact) mass is 466 g/mol. The molecule has 7 heteroatoms. The van der Waals surface area contributed by atoms with E-state index in [1.54, 1.807) is 11.6 Å². The van der Waals surface area contributed by atoms with Crippen molar-refractivity contribution in [2.24, 2.45) is 4.99 Å². The predicted molar refractivity (Wildman–Crippen MR) is 137 cm³/mol. The van der Waals surface area contributed by atoms with Gasteiger partial charge in [-0.2, -0.15) is 0 Å². The van der Waals surface area contributed by atoms with E-state index in [9.17, 15) is 9.59 Å². The molecule has 4 N–H and O–H groups in total. The standard InChI is InChI=1S/C28H26N4O3/c1-19(17-29-18-21-13-11-20(12-14-21)15-16-25(33)32-35)26-28(34)30-24-10-6-5-9-23(24)27(31-26)22-7-3-2-4-8-22/h2-16,26,29,35H,1,17-18H2,(H,30,34)(H,32,33)/b16-15+/t26-/m0/s1. The molecule has 0 radical (unpaired) electrons. The molecule has 0 saturated heterocycles. The van der Waals surface area contributed by atoms with Crippen LogP contribution in [0.3, 0.4) is 0 Å². The summed E-state index contributed by atoms with van der Waals surface area (Å²) in [5.74, 6) is -0.795. The highest BCUT2D eigenvalue weighted by Crippen LogP contribution is 2.25. The number of hydroxylamine groups is 1. The first-order chi connectivity index (χ1) is 17.0. The Bertz CT molecular complexity index is 1280. The number of amides is 2. The third kappa shape index (κ3) is 5.97. The van der Waals surface area contributed by atoms with Gasteiger partial charge in [-0.3, -0.25) is 19.8 Å². The predicted octanol–water partition coefficient (Wildman–Crippen LogP) is 3.71. The average Bonchev–Trinajstić information content (AvgIpc) is 3.04. The molecule has 1 heterocycles. The highest BCUT2D eigenvalue weighted by molar-refractivity contribution is 6.20. The van der Waals surface area contributed by atoms with Crippen molar-refractivity contribution in [3.05, 3.63) is 119 Å². The fourth-order valence-corrected chi connectivity index (χ4v) is 3.78. The maximum atomic E-state index is 13.0. The molecule has 0 aliphatic carbocycles. The van der Waals surface area contributed by atoms with E-state index in [4.69, 9.17) is 10.2 Å². The average molecular weight is 467 g/mol. The molecule has 4 rings (SSSR count). The van der Waals surface area contributed by atoms with Crippen molar-refractivity contribution in [3.8, 4) is 0 Å². The molecule has 0 aromatic heterocycles. The third-order valence-corrected chi connectivity index (χ3v) is 5.58. The van der Waals surface area contributed by atoms with Crippen molar-refractivity contribution in [1.29, 1.82) is 0 Å². The number of aliphatic imine (C=N–C) groups is 1. The van der Waals surface area contributed by atoms with Gasteiger partial charge in [0.15, 0.2) is 6.04 Å². The van der Waals surface area contributed by atoms with Gasteiger partial charge in [-0.1, -0.05) is 79.4 Å². The molecule has 3 aromatic carbocycles. The van der Waals surface area contributed by atoms with E-state index in [-0.39, 0.29) is 5.91 Å². The summed E-state index contributed by atoms with van der Waals surface area (Å²) in [6.07, 6.45) is 2.85. The second kappa shape index (κ2) is 11.2. The van der Waals surface area contributed by atoms with Crippen LogP contribution >= 0.6 is 0 Å². The zero-order valence-corrected chi connectivity index (χ0v) is 19.1. The van der Waals surface area contributed by atoms with Gasteiger partial charge in [0.1, 0.15) is 0 Å². The number of carbonyl (C=O) groups excluding carboxylic acids is 2. The van der Waals surface area contributed by atoms with Crippen molar-refractivity contribution in [2.45, 2.75) is 12.6 Å². The first-order valence-corrected chi connectivity index (χ1v) is 11.2. The van der Waals surface area contributed by atoms with Gasteiger partial charge in [-0.05, 0) is 28.8 Å². The SMILES string of the molecule is C=C(CNCc1ccc(/C=C/C(=O)NO)cc1)[C@@H]1N=C(c2ccccc2)c2ccccc2NC1=O. The summed E-state index contributed by atoms with van der Waals surface area (Å²) in [6.45, 7) is 5.15. The van der Waals surface area contributed by atoms with E-state index in [0.717, 1.165) is 33.7 Å². The van der Waals surface area contributed by atoms with Gasteiger partial charge in [0.05, 0.1) is 11.4 Å². The molecule has 0 saturated carbocycles. The van der Waals surface area contributed by atoms with Gasteiger partial charge in [-0.15, -0.1) is 0 Å². The van der Waals surface area contributed by atoms with Crippen LogP contribution < -0.4 is 16.1 Å². The Labute approximate surface area is 203 Å². The number of nitrogens with zero attached hydrogens (tertiary/aromatic N) is 1. The van der Waals surface area contributed by atoms with Crippen LogP contribution in [0.4, 0.5) is 5.69 Å². The van der Waals surface area contributed by atoms with Crippen LogP contribution in [0.25, 0.3) is 6.08 Å². The van der Waals surface area contributed by atoms with Crippen molar-refractivity contribution in [3.63, 3.8) is 0 Å². The molecular weight excluding hydrogens is 440 g/mol. The molecule has 0 fully saturated rings. The molecule has 0 unspecified atom stereocenters. The molecule has 3 aromatic rings. The second-order valence-electron chi connectivity index (χ2n) is 8.09. The number of hydrogen-bond donors (Lipinski definition) is 4. The summed E-state index contributed by atoms with van der Waals surface area (Å²) in [7, 11) is 0. The lowest BCUT2D eigenvalue weighted by Gasteiger charge is -2.15. The Balaban J connectivity index is 1.45. The number of nitrogens with one attached hydrogen (secondary N) is 3. The number of benzene rings is 3.